The molecule has 0 spiro atoms. The first kappa shape index (κ1) is 17.3. The molecule has 0 radical (unpaired) electrons. The summed E-state index contributed by atoms with van der Waals surface area (Å²) in [5.41, 5.74) is 0.846. The van der Waals surface area contributed by atoms with Crippen molar-refractivity contribution in [3.8, 4) is 6.07 Å². The molecule has 0 saturated carbocycles. The van der Waals surface area contributed by atoms with Crippen LogP contribution in [0.5, 0.6) is 0 Å². The Bertz CT molecular complexity index is 478. The highest BCUT2D eigenvalue weighted by molar-refractivity contribution is 6.35. The lowest BCUT2D eigenvalue weighted by atomic mass is 9.89. The molecule has 1 rings (SSSR count). The Labute approximate surface area is 132 Å². The summed E-state index contributed by atoms with van der Waals surface area (Å²) in [6, 6.07) is 8.11. The number of rotatable bonds is 7. The maximum Gasteiger partial charge on any atom is 0.0683 e. The molecule has 0 heterocycles. The fraction of sp³-hybridized carbons (Fsp3) is 0.562. The first-order valence-corrected chi connectivity index (χ1v) is 7.71. The molecule has 0 aliphatic rings. The minimum atomic E-state index is -0.217. The summed E-state index contributed by atoms with van der Waals surface area (Å²) in [5.74, 6) is 0. The summed E-state index contributed by atoms with van der Waals surface area (Å²) in [4.78, 5) is 0. The molecule has 0 aliphatic carbocycles. The summed E-state index contributed by atoms with van der Waals surface area (Å²) in [6.07, 6.45) is 3.04. The molecule has 1 atom stereocenters. The molecule has 1 N–H and O–H groups in total. The molecular formula is C16H22Cl2N2. The van der Waals surface area contributed by atoms with Crippen LogP contribution in [0, 0.1) is 16.7 Å². The van der Waals surface area contributed by atoms with E-state index in [0.29, 0.717) is 10.0 Å². The second-order valence-electron chi connectivity index (χ2n) is 5.79. The maximum absolute atomic E-state index is 8.95. The zero-order chi connectivity index (χ0) is 15.2. The van der Waals surface area contributed by atoms with Gasteiger partial charge >= 0.3 is 0 Å². The van der Waals surface area contributed by atoms with Crippen LogP contribution in [0.4, 0.5) is 0 Å². The van der Waals surface area contributed by atoms with E-state index >= 15 is 0 Å². The van der Waals surface area contributed by atoms with Gasteiger partial charge in [0.05, 0.1) is 11.5 Å². The second-order valence-corrected chi connectivity index (χ2v) is 6.64. The Kier molecular flexibility index (Phi) is 6.82. The highest BCUT2D eigenvalue weighted by atomic mass is 35.5. The van der Waals surface area contributed by atoms with E-state index in [1.807, 2.05) is 26.0 Å². The monoisotopic (exact) mass is 312 g/mol. The van der Waals surface area contributed by atoms with Crippen LogP contribution < -0.4 is 5.32 Å². The van der Waals surface area contributed by atoms with E-state index in [0.717, 1.165) is 31.4 Å². The Balaban J connectivity index is 2.34. The number of hydrogen-bond acceptors (Lipinski definition) is 2. The van der Waals surface area contributed by atoms with E-state index in [4.69, 9.17) is 28.5 Å². The van der Waals surface area contributed by atoms with Gasteiger partial charge in [-0.3, -0.25) is 0 Å². The molecule has 2 nitrogen and oxygen atoms in total. The summed E-state index contributed by atoms with van der Waals surface area (Å²) < 4.78 is 0. The maximum atomic E-state index is 8.95. The molecule has 110 valence electrons. The molecule has 1 aromatic rings. The van der Waals surface area contributed by atoms with Crippen molar-refractivity contribution in [2.24, 2.45) is 5.41 Å². The number of hydrogen-bond donors (Lipinski definition) is 1. The van der Waals surface area contributed by atoms with Gasteiger partial charge in [0.2, 0.25) is 0 Å². The minimum absolute atomic E-state index is 0.198. The summed E-state index contributed by atoms with van der Waals surface area (Å²) in [6.45, 7) is 6.98. The highest BCUT2D eigenvalue weighted by Gasteiger charge is 2.15. The Morgan fingerprint density at radius 2 is 2.00 bits per heavy atom. The van der Waals surface area contributed by atoms with E-state index in [2.05, 4.69) is 18.3 Å². The van der Waals surface area contributed by atoms with Gasteiger partial charge in [0.1, 0.15) is 0 Å². The van der Waals surface area contributed by atoms with Crippen LogP contribution in [0.15, 0.2) is 18.2 Å². The van der Waals surface area contributed by atoms with Gasteiger partial charge in [-0.15, -0.1) is 0 Å². The number of nitrogens with zero attached hydrogens (tertiary/aromatic N) is 1. The van der Waals surface area contributed by atoms with Crippen molar-refractivity contribution in [3.63, 3.8) is 0 Å². The van der Waals surface area contributed by atoms with Crippen LogP contribution in [0.1, 0.15) is 51.6 Å². The third-order valence-corrected chi connectivity index (χ3v) is 3.97. The first-order valence-electron chi connectivity index (χ1n) is 6.95. The lowest BCUT2D eigenvalue weighted by molar-refractivity contribution is 0.418. The first-order chi connectivity index (χ1) is 9.35. The molecule has 0 saturated heterocycles. The summed E-state index contributed by atoms with van der Waals surface area (Å²) in [5, 5.41) is 13.8. The summed E-state index contributed by atoms with van der Waals surface area (Å²) in [7, 11) is 0. The van der Waals surface area contributed by atoms with Crippen LogP contribution in [-0.4, -0.2) is 6.54 Å². The van der Waals surface area contributed by atoms with Gasteiger partial charge in [-0.25, -0.2) is 0 Å². The van der Waals surface area contributed by atoms with Gasteiger partial charge in [0, 0.05) is 16.1 Å². The van der Waals surface area contributed by atoms with Crippen molar-refractivity contribution in [2.75, 3.05) is 6.54 Å². The molecule has 0 aromatic heterocycles. The van der Waals surface area contributed by atoms with Crippen LogP contribution in [0.3, 0.4) is 0 Å². The predicted molar refractivity (Wildman–Crippen MR) is 86.1 cm³/mol. The van der Waals surface area contributed by atoms with Crippen molar-refractivity contribution < 1.29 is 0 Å². The van der Waals surface area contributed by atoms with Gasteiger partial charge < -0.3 is 5.32 Å². The molecule has 0 amide bonds. The van der Waals surface area contributed by atoms with Gasteiger partial charge in [0.15, 0.2) is 0 Å². The number of nitriles is 1. The minimum Gasteiger partial charge on any atom is -0.310 e. The average molecular weight is 313 g/mol. The molecule has 1 aromatic carbocycles. The van der Waals surface area contributed by atoms with Gasteiger partial charge in [0.25, 0.3) is 0 Å². The highest BCUT2D eigenvalue weighted by Crippen LogP contribution is 2.26. The fourth-order valence-electron chi connectivity index (χ4n) is 2.03. The van der Waals surface area contributed by atoms with E-state index in [9.17, 15) is 0 Å². The Morgan fingerprint density at radius 3 is 2.60 bits per heavy atom. The SMILES string of the molecule is CC(NCCCCC(C)(C)C#N)c1ccc(Cl)cc1Cl. The van der Waals surface area contributed by atoms with Crippen molar-refractivity contribution in [1.29, 1.82) is 5.26 Å². The topological polar surface area (TPSA) is 35.8 Å². The van der Waals surface area contributed by atoms with Crippen LogP contribution in [-0.2, 0) is 0 Å². The molecule has 1 unspecified atom stereocenters. The van der Waals surface area contributed by atoms with Crippen LogP contribution >= 0.6 is 23.2 Å². The van der Waals surface area contributed by atoms with Crippen LogP contribution in [0.25, 0.3) is 0 Å². The molecule has 20 heavy (non-hydrogen) atoms. The molecule has 0 fully saturated rings. The Morgan fingerprint density at radius 1 is 1.30 bits per heavy atom. The number of benzene rings is 1. The van der Waals surface area contributed by atoms with E-state index in [1.165, 1.54) is 0 Å². The van der Waals surface area contributed by atoms with Crippen molar-refractivity contribution in [1.82, 2.24) is 5.32 Å². The lowest BCUT2D eigenvalue weighted by Gasteiger charge is -2.17. The normalized spacial score (nSPS) is 13.0. The standard InChI is InChI=1S/C16H22Cl2N2/c1-12(14-7-6-13(17)10-15(14)18)20-9-5-4-8-16(2,3)11-19/h6-7,10,12,20H,4-5,8-9H2,1-3H3. The van der Waals surface area contributed by atoms with Gasteiger partial charge in [-0.05, 0) is 57.9 Å². The average Bonchev–Trinajstić information content (AvgIpc) is 2.38. The third kappa shape index (κ3) is 5.71. The lowest BCUT2D eigenvalue weighted by Crippen LogP contribution is -2.20. The van der Waals surface area contributed by atoms with E-state index < -0.39 is 0 Å². The zero-order valence-electron chi connectivity index (χ0n) is 12.3. The fourth-order valence-corrected chi connectivity index (χ4v) is 2.60. The number of nitrogens with one attached hydrogen (secondary N) is 1. The smallest absolute Gasteiger partial charge is 0.0683 e. The third-order valence-electron chi connectivity index (χ3n) is 3.41. The van der Waals surface area contributed by atoms with E-state index in [-0.39, 0.29) is 11.5 Å². The molecular weight excluding hydrogens is 291 g/mol. The quantitative estimate of drug-likeness (QED) is 0.687. The van der Waals surface area contributed by atoms with E-state index in [1.54, 1.807) is 6.07 Å². The van der Waals surface area contributed by atoms with Gasteiger partial charge in [-0.1, -0.05) is 35.7 Å². The predicted octanol–water partition coefficient (Wildman–Crippen LogP) is 5.36. The largest absolute Gasteiger partial charge is 0.310 e. The molecule has 4 heteroatoms. The second kappa shape index (κ2) is 7.88. The van der Waals surface area contributed by atoms with Gasteiger partial charge in [-0.2, -0.15) is 5.26 Å². The summed E-state index contributed by atoms with van der Waals surface area (Å²) >= 11 is 12.1. The van der Waals surface area contributed by atoms with Crippen molar-refractivity contribution in [3.05, 3.63) is 33.8 Å². The zero-order valence-corrected chi connectivity index (χ0v) is 13.9. The number of unbranched alkanes of at least 4 members (excludes halogenated alkanes) is 1. The van der Waals surface area contributed by atoms with Crippen molar-refractivity contribution in [2.45, 2.75) is 46.1 Å². The molecule has 0 aliphatic heterocycles. The number of halogens is 2. The van der Waals surface area contributed by atoms with Crippen LogP contribution in [0.2, 0.25) is 10.0 Å². The Hall–Kier alpha value is -0.750. The molecule has 0 bridgehead atoms. The van der Waals surface area contributed by atoms with Crippen molar-refractivity contribution >= 4 is 23.2 Å².